The first-order chi connectivity index (χ1) is 5.20. The number of hydrogen-bond acceptors (Lipinski definition) is 9. The van der Waals surface area contributed by atoms with E-state index >= 15 is 0 Å². The van der Waals surface area contributed by atoms with Gasteiger partial charge in [-0.3, -0.25) is 0 Å². The van der Waals surface area contributed by atoms with Crippen LogP contribution >= 0.6 is 0 Å². The first-order valence-corrected chi connectivity index (χ1v) is 1.64. The normalized spacial score (nSPS) is 5.14. The summed E-state index contributed by atoms with van der Waals surface area (Å²) in [7, 11) is 0. The number of nitrogens with zero attached hydrogens (tertiary/aromatic N) is 3. The number of rotatable bonds is 0. The molecule has 14 heteroatoms. The van der Waals surface area contributed by atoms with Gasteiger partial charge in [-0.1, -0.05) is 0 Å². The molecule has 2 radical (unpaired) electrons. The zero-order valence-corrected chi connectivity index (χ0v) is 13.5. The fraction of sp³-hybridized carbons (Fsp3) is 0. The van der Waals surface area contributed by atoms with Crippen molar-refractivity contribution in [2.75, 3.05) is 0 Å². The standard InChI is InChI=1S/K.3NO3.Pb/c;3*2-1(3)4;/q+1;3*-1;+2. The van der Waals surface area contributed by atoms with Gasteiger partial charge in [-0.05, 0) is 0 Å². The van der Waals surface area contributed by atoms with Gasteiger partial charge in [0.25, 0.3) is 0 Å². The van der Waals surface area contributed by atoms with Crippen molar-refractivity contribution < 1.29 is 66.6 Å². The molecule has 0 aromatic heterocycles. The van der Waals surface area contributed by atoms with E-state index in [2.05, 4.69) is 0 Å². The third-order valence-corrected chi connectivity index (χ3v) is 0. The van der Waals surface area contributed by atoms with Crippen LogP contribution in [0.2, 0.25) is 0 Å². The van der Waals surface area contributed by atoms with Gasteiger partial charge in [0.1, 0.15) is 0 Å². The van der Waals surface area contributed by atoms with E-state index in [4.69, 9.17) is 46.0 Å². The van der Waals surface area contributed by atoms with Crippen molar-refractivity contribution in [3.8, 4) is 0 Å². The first kappa shape index (κ1) is 29.2. The van der Waals surface area contributed by atoms with Crippen molar-refractivity contribution in [2.45, 2.75) is 0 Å². The summed E-state index contributed by atoms with van der Waals surface area (Å²) in [6, 6.07) is 0. The van der Waals surface area contributed by atoms with E-state index in [0.29, 0.717) is 0 Å². The maximum Gasteiger partial charge on any atom is 2.00 e. The molecule has 0 fully saturated rings. The molecular weight excluding hydrogens is 432 g/mol. The van der Waals surface area contributed by atoms with Crippen LogP contribution in [0.15, 0.2) is 0 Å². The van der Waals surface area contributed by atoms with Gasteiger partial charge in [-0.25, -0.2) is 0 Å². The third kappa shape index (κ3) is 60300. The predicted octanol–water partition coefficient (Wildman–Crippen LogP) is -4.09. The van der Waals surface area contributed by atoms with Gasteiger partial charge >= 0.3 is 78.7 Å². The quantitative estimate of drug-likeness (QED) is 0.207. The van der Waals surface area contributed by atoms with E-state index in [-0.39, 0.29) is 78.7 Å². The Morgan fingerprint density at radius 3 is 0.571 bits per heavy atom. The van der Waals surface area contributed by atoms with Crippen LogP contribution in [-0.2, 0) is 0 Å². The SMILES string of the molecule is O=[N+]([O-])[O-].O=[N+]([O-])[O-].O=[N+]([O-])[O-].[K+].[Pb+2]. The van der Waals surface area contributed by atoms with Gasteiger partial charge < -0.3 is 46.0 Å². The molecule has 0 aliphatic rings. The van der Waals surface area contributed by atoms with Crippen LogP contribution in [-0.4, -0.2) is 42.6 Å². The second-order valence-corrected chi connectivity index (χ2v) is 0.671. The fourth-order valence-electron chi connectivity index (χ4n) is 0. The summed E-state index contributed by atoms with van der Waals surface area (Å²) in [5.41, 5.74) is 0. The van der Waals surface area contributed by atoms with Crippen molar-refractivity contribution in [1.82, 2.24) is 0 Å². The summed E-state index contributed by atoms with van der Waals surface area (Å²) in [5, 5.41) is 44.2. The molecule has 0 amide bonds. The molecule has 14 heavy (non-hydrogen) atoms. The molecule has 0 atom stereocenters. The molecular formula is KN3O9Pb. The third-order valence-electron chi connectivity index (χ3n) is 0. The second kappa shape index (κ2) is 23.2. The van der Waals surface area contributed by atoms with Gasteiger partial charge in [0.2, 0.25) is 0 Å². The molecule has 0 saturated heterocycles. The Labute approximate surface area is 138 Å². The van der Waals surface area contributed by atoms with Crippen molar-refractivity contribution in [2.24, 2.45) is 0 Å². The molecule has 0 spiro atoms. The monoisotopic (exact) mass is 433 g/mol. The van der Waals surface area contributed by atoms with Crippen molar-refractivity contribution in [1.29, 1.82) is 0 Å². The molecule has 0 heterocycles. The molecule has 0 aliphatic carbocycles. The van der Waals surface area contributed by atoms with Crippen LogP contribution in [0.25, 0.3) is 0 Å². The summed E-state index contributed by atoms with van der Waals surface area (Å²) >= 11 is 0. The Hall–Kier alpha value is 0.158. The smallest absolute Gasteiger partial charge is 0.356 e. The van der Waals surface area contributed by atoms with E-state index in [0.717, 1.165) is 0 Å². The molecule has 0 N–H and O–H groups in total. The van der Waals surface area contributed by atoms with E-state index in [9.17, 15) is 0 Å². The fourth-order valence-corrected chi connectivity index (χ4v) is 0. The minimum absolute atomic E-state index is 0. The zero-order valence-electron chi connectivity index (χ0n) is 6.52. The van der Waals surface area contributed by atoms with E-state index in [1.165, 1.54) is 0 Å². The van der Waals surface area contributed by atoms with Gasteiger partial charge in [-0.15, -0.1) is 0 Å². The molecule has 0 unspecified atom stereocenters. The number of hydrogen-bond donors (Lipinski definition) is 0. The second-order valence-electron chi connectivity index (χ2n) is 0.671. The van der Waals surface area contributed by atoms with Gasteiger partial charge in [0.05, 0.1) is 15.3 Å². The van der Waals surface area contributed by atoms with E-state index < -0.39 is 15.3 Å². The maximum atomic E-state index is 8.25. The van der Waals surface area contributed by atoms with Crippen LogP contribution in [0.4, 0.5) is 0 Å². The minimum atomic E-state index is -1.75. The Balaban J connectivity index is -0.0000000270. The van der Waals surface area contributed by atoms with Crippen LogP contribution in [0, 0.1) is 46.0 Å². The van der Waals surface area contributed by atoms with Gasteiger partial charge in [0.15, 0.2) is 0 Å². The van der Waals surface area contributed by atoms with Crippen molar-refractivity contribution in [3.05, 3.63) is 46.0 Å². The molecule has 0 aromatic rings. The Morgan fingerprint density at radius 2 is 0.571 bits per heavy atom. The molecule has 0 saturated carbocycles. The van der Waals surface area contributed by atoms with Crippen LogP contribution in [0.1, 0.15) is 0 Å². The van der Waals surface area contributed by atoms with Gasteiger partial charge in [0, 0.05) is 0 Å². The summed E-state index contributed by atoms with van der Waals surface area (Å²) < 4.78 is 0. The van der Waals surface area contributed by atoms with E-state index in [1.54, 1.807) is 0 Å². The van der Waals surface area contributed by atoms with Crippen LogP contribution < -0.4 is 51.4 Å². The van der Waals surface area contributed by atoms with Crippen LogP contribution in [0.5, 0.6) is 0 Å². The largest absolute Gasteiger partial charge is 2.00 e. The summed E-state index contributed by atoms with van der Waals surface area (Å²) in [5.74, 6) is 0. The zero-order chi connectivity index (χ0) is 10.7. The predicted molar refractivity (Wildman–Crippen MR) is 36.8 cm³/mol. The molecule has 12 nitrogen and oxygen atoms in total. The Bertz CT molecular complexity index is 118. The summed E-state index contributed by atoms with van der Waals surface area (Å²) in [6.45, 7) is 0. The topological polar surface area (TPSA) is 199 Å². The molecule has 0 aromatic carbocycles. The van der Waals surface area contributed by atoms with Crippen molar-refractivity contribution in [3.63, 3.8) is 0 Å². The van der Waals surface area contributed by atoms with Gasteiger partial charge in [-0.2, -0.15) is 0 Å². The minimum Gasteiger partial charge on any atom is -0.356 e. The molecule has 0 bridgehead atoms. The molecule has 0 aliphatic heterocycles. The molecule has 74 valence electrons. The molecule has 0 rings (SSSR count). The average Bonchev–Trinajstić information content (AvgIpc) is 1.54. The Kier molecular flexibility index (Phi) is 48.4. The summed E-state index contributed by atoms with van der Waals surface area (Å²) in [4.78, 5) is 24.8. The average molecular weight is 432 g/mol. The van der Waals surface area contributed by atoms with Crippen molar-refractivity contribution >= 4 is 27.3 Å². The van der Waals surface area contributed by atoms with E-state index in [1.807, 2.05) is 0 Å². The Morgan fingerprint density at radius 1 is 0.571 bits per heavy atom. The van der Waals surface area contributed by atoms with Crippen LogP contribution in [0.3, 0.4) is 0 Å². The maximum absolute atomic E-state index is 8.25. The first-order valence-electron chi connectivity index (χ1n) is 1.64. The summed E-state index contributed by atoms with van der Waals surface area (Å²) in [6.07, 6.45) is 0.